The van der Waals surface area contributed by atoms with E-state index in [9.17, 15) is 13.2 Å². The Kier molecular flexibility index (Phi) is 3.72. The Hall–Kier alpha value is -1.67. The van der Waals surface area contributed by atoms with E-state index >= 15 is 0 Å². The highest BCUT2D eigenvalue weighted by Crippen LogP contribution is 2.17. The maximum absolute atomic E-state index is 12.3. The van der Waals surface area contributed by atoms with E-state index in [0.717, 1.165) is 0 Å². The van der Waals surface area contributed by atoms with Crippen molar-refractivity contribution < 1.29 is 13.2 Å². The smallest absolute Gasteiger partial charge is 0.244 e. The monoisotopic (exact) mass is 284 g/mol. The lowest BCUT2D eigenvalue weighted by Gasteiger charge is -2.33. The molecule has 19 heavy (non-hydrogen) atoms. The van der Waals surface area contributed by atoms with Crippen LogP contribution in [0.1, 0.15) is 6.92 Å². The summed E-state index contributed by atoms with van der Waals surface area (Å²) in [6.45, 7) is 2.90. The predicted octanol–water partition coefficient (Wildman–Crippen LogP) is -0.483. The van der Waals surface area contributed by atoms with Crippen molar-refractivity contribution in [3.63, 3.8) is 0 Å². The molecule has 2 rings (SSSR count). The molecular formula is C11H16N4O3S. The summed E-state index contributed by atoms with van der Waals surface area (Å²) in [6.07, 6.45) is 1.25. The number of hydrogen-bond acceptors (Lipinski definition) is 5. The van der Waals surface area contributed by atoms with Crippen LogP contribution in [0.25, 0.3) is 0 Å². The van der Waals surface area contributed by atoms with E-state index in [-0.39, 0.29) is 16.6 Å². The first-order chi connectivity index (χ1) is 8.91. The van der Waals surface area contributed by atoms with Crippen LogP contribution < -0.4 is 5.73 Å². The Morgan fingerprint density at radius 1 is 1.26 bits per heavy atom. The Bertz CT molecular complexity index is 562. The molecular weight excluding hydrogens is 268 g/mol. The van der Waals surface area contributed by atoms with Gasteiger partial charge in [-0.05, 0) is 12.1 Å². The number of piperazine rings is 1. The summed E-state index contributed by atoms with van der Waals surface area (Å²) in [4.78, 5) is 16.7. The molecule has 0 bridgehead atoms. The van der Waals surface area contributed by atoms with Crippen LogP contribution in [0.5, 0.6) is 0 Å². The third kappa shape index (κ3) is 2.85. The minimum atomic E-state index is -3.55. The lowest BCUT2D eigenvalue weighted by Crippen LogP contribution is -2.49. The first kappa shape index (κ1) is 13.8. The number of nitrogen functional groups attached to an aromatic ring is 1. The summed E-state index contributed by atoms with van der Waals surface area (Å²) in [5, 5.41) is 0. The number of pyridine rings is 1. The Morgan fingerprint density at radius 3 is 2.37 bits per heavy atom. The molecule has 1 amide bonds. The SMILES string of the molecule is CC(=O)N1CCN(S(=O)(=O)c2ccc(N)nc2)CC1. The minimum absolute atomic E-state index is 0.0359. The van der Waals surface area contributed by atoms with Crippen molar-refractivity contribution in [1.29, 1.82) is 0 Å². The maximum Gasteiger partial charge on any atom is 0.244 e. The second kappa shape index (κ2) is 5.14. The zero-order valence-electron chi connectivity index (χ0n) is 10.6. The van der Waals surface area contributed by atoms with Crippen molar-refractivity contribution in [2.75, 3.05) is 31.9 Å². The summed E-state index contributed by atoms with van der Waals surface area (Å²) in [7, 11) is -3.55. The van der Waals surface area contributed by atoms with Gasteiger partial charge in [-0.25, -0.2) is 13.4 Å². The molecule has 0 saturated carbocycles. The Balaban J connectivity index is 2.14. The van der Waals surface area contributed by atoms with Gasteiger partial charge in [-0.3, -0.25) is 4.79 Å². The molecule has 0 aliphatic carbocycles. The van der Waals surface area contributed by atoms with Crippen molar-refractivity contribution in [2.45, 2.75) is 11.8 Å². The fourth-order valence-corrected chi connectivity index (χ4v) is 3.30. The van der Waals surface area contributed by atoms with Crippen LogP contribution in [0, 0.1) is 0 Å². The van der Waals surface area contributed by atoms with Gasteiger partial charge < -0.3 is 10.6 Å². The highest BCUT2D eigenvalue weighted by atomic mass is 32.2. The van der Waals surface area contributed by atoms with Gasteiger partial charge in [-0.2, -0.15) is 4.31 Å². The molecule has 1 fully saturated rings. The van der Waals surface area contributed by atoms with Crippen molar-refractivity contribution in [2.24, 2.45) is 0 Å². The average molecular weight is 284 g/mol. The molecule has 104 valence electrons. The molecule has 1 aliphatic heterocycles. The van der Waals surface area contributed by atoms with Crippen LogP contribution in [0.15, 0.2) is 23.2 Å². The van der Waals surface area contributed by atoms with E-state index in [2.05, 4.69) is 4.98 Å². The Labute approximate surface area is 112 Å². The fourth-order valence-electron chi connectivity index (χ4n) is 1.94. The summed E-state index contributed by atoms with van der Waals surface area (Å²) >= 11 is 0. The molecule has 2 heterocycles. The molecule has 7 nitrogen and oxygen atoms in total. The van der Waals surface area contributed by atoms with E-state index < -0.39 is 10.0 Å². The van der Waals surface area contributed by atoms with Crippen molar-refractivity contribution in [1.82, 2.24) is 14.2 Å². The number of amides is 1. The first-order valence-corrected chi connectivity index (χ1v) is 7.32. The number of rotatable bonds is 2. The number of carbonyl (C=O) groups excluding carboxylic acids is 1. The van der Waals surface area contributed by atoms with Gasteiger partial charge in [-0.15, -0.1) is 0 Å². The summed E-state index contributed by atoms with van der Waals surface area (Å²) < 4.78 is 26.0. The van der Waals surface area contributed by atoms with Gasteiger partial charge >= 0.3 is 0 Å². The summed E-state index contributed by atoms with van der Waals surface area (Å²) in [5.74, 6) is 0.242. The van der Waals surface area contributed by atoms with Gasteiger partial charge in [0.15, 0.2) is 0 Å². The summed E-state index contributed by atoms with van der Waals surface area (Å²) in [6, 6.07) is 2.90. The third-order valence-electron chi connectivity index (χ3n) is 3.08. The average Bonchev–Trinajstić information content (AvgIpc) is 2.39. The van der Waals surface area contributed by atoms with Crippen molar-refractivity contribution in [3.8, 4) is 0 Å². The molecule has 1 aliphatic rings. The molecule has 0 unspecified atom stereocenters. The van der Waals surface area contributed by atoms with Crippen molar-refractivity contribution in [3.05, 3.63) is 18.3 Å². The third-order valence-corrected chi connectivity index (χ3v) is 4.96. The Morgan fingerprint density at radius 2 is 1.89 bits per heavy atom. The second-order valence-electron chi connectivity index (χ2n) is 4.33. The van der Waals surface area contributed by atoms with E-state index in [4.69, 9.17) is 5.73 Å². The number of anilines is 1. The molecule has 0 radical (unpaired) electrons. The van der Waals surface area contributed by atoms with Crippen LogP contribution in [0.2, 0.25) is 0 Å². The maximum atomic E-state index is 12.3. The van der Waals surface area contributed by atoms with E-state index in [1.807, 2.05) is 0 Å². The number of hydrogen-bond donors (Lipinski definition) is 1. The van der Waals surface area contributed by atoms with Gasteiger partial charge in [0, 0.05) is 39.3 Å². The number of aromatic nitrogens is 1. The lowest BCUT2D eigenvalue weighted by atomic mass is 10.3. The van der Waals surface area contributed by atoms with Crippen LogP contribution in [-0.2, 0) is 14.8 Å². The molecule has 1 aromatic heterocycles. The molecule has 1 saturated heterocycles. The minimum Gasteiger partial charge on any atom is -0.384 e. The normalized spacial score (nSPS) is 17.4. The summed E-state index contributed by atoms with van der Waals surface area (Å²) in [5.41, 5.74) is 5.44. The predicted molar refractivity (Wildman–Crippen MR) is 69.7 cm³/mol. The fraction of sp³-hybridized carbons (Fsp3) is 0.455. The zero-order valence-corrected chi connectivity index (χ0v) is 11.4. The molecule has 0 aromatic carbocycles. The highest BCUT2D eigenvalue weighted by molar-refractivity contribution is 7.89. The van der Waals surface area contributed by atoms with Crippen LogP contribution in [0.4, 0.5) is 5.82 Å². The molecule has 0 atom stereocenters. The first-order valence-electron chi connectivity index (χ1n) is 5.88. The van der Waals surface area contributed by atoms with Gasteiger partial charge in [0.05, 0.1) is 0 Å². The van der Waals surface area contributed by atoms with Crippen LogP contribution in [0.3, 0.4) is 0 Å². The van der Waals surface area contributed by atoms with Gasteiger partial charge in [0.25, 0.3) is 0 Å². The number of carbonyl (C=O) groups is 1. The lowest BCUT2D eigenvalue weighted by molar-refractivity contribution is -0.129. The topological polar surface area (TPSA) is 96.6 Å². The van der Waals surface area contributed by atoms with Crippen LogP contribution in [-0.4, -0.2) is 54.7 Å². The largest absolute Gasteiger partial charge is 0.384 e. The number of nitrogens with two attached hydrogens (primary N) is 1. The van der Waals surface area contributed by atoms with E-state index in [1.165, 1.54) is 29.6 Å². The molecule has 1 aromatic rings. The quantitative estimate of drug-likeness (QED) is 0.791. The highest BCUT2D eigenvalue weighted by Gasteiger charge is 2.29. The second-order valence-corrected chi connectivity index (χ2v) is 6.27. The number of nitrogens with zero attached hydrogens (tertiary/aromatic N) is 3. The standard InChI is InChI=1S/C11H16N4O3S/c1-9(16)14-4-6-15(7-5-14)19(17,18)10-2-3-11(12)13-8-10/h2-3,8H,4-7H2,1H3,(H2,12,13). The van der Waals surface area contributed by atoms with Crippen LogP contribution >= 0.6 is 0 Å². The molecule has 8 heteroatoms. The van der Waals surface area contributed by atoms with E-state index in [1.54, 1.807) is 4.90 Å². The number of sulfonamides is 1. The van der Waals surface area contributed by atoms with Gasteiger partial charge in [-0.1, -0.05) is 0 Å². The van der Waals surface area contributed by atoms with Crippen molar-refractivity contribution >= 4 is 21.7 Å². The molecule has 2 N–H and O–H groups in total. The van der Waals surface area contributed by atoms with E-state index in [0.29, 0.717) is 26.2 Å². The zero-order chi connectivity index (χ0) is 14.0. The van der Waals surface area contributed by atoms with Gasteiger partial charge in [0.1, 0.15) is 10.7 Å². The van der Waals surface area contributed by atoms with Gasteiger partial charge in [0.2, 0.25) is 15.9 Å². The molecule has 0 spiro atoms.